The van der Waals surface area contributed by atoms with Crippen LogP contribution in [0.5, 0.6) is 0 Å². The predicted octanol–water partition coefficient (Wildman–Crippen LogP) is 4.82. The molecule has 1 fully saturated rings. The Labute approximate surface area is 106 Å². The maximum absolute atomic E-state index is 13.1. The first-order chi connectivity index (χ1) is 7.66. The van der Waals surface area contributed by atoms with Crippen LogP contribution in [-0.2, 0) is 6.42 Å². The Balaban J connectivity index is 2.10. The summed E-state index contributed by atoms with van der Waals surface area (Å²) >= 11 is 12.3. The van der Waals surface area contributed by atoms with E-state index in [1.807, 2.05) is 0 Å². The van der Waals surface area contributed by atoms with E-state index in [0.717, 1.165) is 24.8 Å². The Bertz CT molecular complexity index is 365. The number of hydrogen-bond donors (Lipinski definition) is 0. The summed E-state index contributed by atoms with van der Waals surface area (Å²) < 4.78 is 13.1. The average molecular weight is 261 g/mol. The highest BCUT2D eigenvalue weighted by Gasteiger charge is 2.24. The summed E-state index contributed by atoms with van der Waals surface area (Å²) in [7, 11) is 0. The van der Waals surface area contributed by atoms with Gasteiger partial charge in [0.05, 0.1) is 0 Å². The van der Waals surface area contributed by atoms with E-state index in [-0.39, 0.29) is 11.2 Å². The fourth-order valence-electron chi connectivity index (χ4n) is 2.37. The highest BCUT2D eigenvalue weighted by molar-refractivity contribution is 6.31. The summed E-state index contributed by atoms with van der Waals surface area (Å²) in [5.41, 5.74) is 0.888. The molecular formula is C13H15Cl2F. The number of hydrogen-bond acceptors (Lipinski definition) is 0. The van der Waals surface area contributed by atoms with Crippen molar-refractivity contribution >= 4 is 23.2 Å². The lowest BCUT2D eigenvalue weighted by Crippen LogP contribution is -2.21. The van der Waals surface area contributed by atoms with Gasteiger partial charge in [-0.05, 0) is 48.9 Å². The number of alkyl halides is 1. The number of benzene rings is 1. The lowest BCUT2D eigenvalue weighted by Gasteiger charge is -2.27. The molecule has 2 atom stereocenters. The monoisotopic (exact) mass is 260 g/mol. The normalized spacial score (nSPS) is 25.7. The highest BCUT2D eigenvalue weighted by atomic mass is 35.5. The molecule has 0 amide bonds. The molecule has 2 unspecified atom stereocenters. The van der Waals surface area contributed by atoms with E-state index in [4.69, 9.17) is 23.2 Å². The van der Waals surface area contributed by atoms with E-state index >= 15 is 0 Å². The third-order valence-corrected chi connectivity index (χ3v) is 4.25. The molecule has 0 bridgehead atoms. The van der Waals surface area contributed by atoms with Gasteiger partial charge in [0, 0.05) is 10.4 Å². The maximum atomic E-state index is 13.1. The van der Waals surface area contributed by atoms with Gasteiger partial charge in [0.25, 0.3) is 0 Å². The number of rotatable bonds is 2. The lowest BCUT2D eigenvalue weighted by molar-refractivity contribution is 0.363. The van der Waals surface area contributed by atoms with Crippen molar-refractivity contribution in [1.82, 2.24) is 0 Å². The van der Waals surface area contributed by atoms with Gasteiger partial charge in [0.1, 0.15) is 5.82 Å². The van der Waals surface area contributed by atoms with Crippen molar-refractivity contribution in [3.63, 3.8) is 0 Å². The fraction of sp³-hybridized carbons (Fsp3) is 0.538. The van der Waals surface area contributed by atoms with Crippen molar-refractivity contribution in [2.45, 2.75) is 37.5 Å². The molecule has 1 aromatic rings. The molecule has 1 aliphatic rings. The second-order valence-electron chi connectivity index (χ2n) is 4.50. The van der Waals surface area contributed by atoms with Crippen LogP contribution in [0.15, 0.2) is 18.2 Å². The topological polar surface area (TPSA) is 0 Å². The lowest BCUT2D eigenvalue weighted by atomic mass is 9.84. The zero-order valence-corrected chi connectivity index (χ0v) is 10.6. The van der Waals surface area contributed by atoms with E-state index in [2.05, 4.69) is 0 Å². The van der Waals surface area contributed by atoms with Gasteiger partial charge < -0.3 is 0 Å². The molecular weight excluding hydrogens is 246 g/mol. The van der Waals surface area contributed by atoms with Crippen LogP contribution in [0.3, 0.4) is 0 Å². The van der Waals surface area contributed by atoms with Gasteiger partial charge in [-0.1, -0.05) is 24.4 Å². The largest absolute Gasteiger partial charge is 0.207 e. The van der Waals surface area contributed by atoms with Crippen molar-refractivity contribution in [1.29, 1.82) is 0 Å². The molecule has 0 N–H and O–H groups in total. The van der Waals surface area contributed by atoms with Crippen LogP contribution >= 0.6 is 23.2 Å². The molecule has 0 aromatic heterocycles. The van der Waals surface area contributed by atoms with Crippen LogP contribution in [0.1, 0.15) is 31.2 Å². The SMILES string of the molecule is Fc1ccc(Cl)c(CC2CCCCC2Cl)c1. The van der Waals surface area contributed by atoms with E-state index in [1.54, 1.807) is 6.07 Å². The second kappa shape index (κ2) is 5.37. The van der Waals surface area contributed by atoms with Gasteiger partial charge in [-0.25, -0.2) is 4.39 Å². The van der Waals surface area contributed by atoms with Gasteiger partial charge in [-0.15, -0.1) is 11.6 Å². The minimum absolute atomic E-state index is 0.216. The summed E-state index contributed by atoms with van der Waals surface area (Å²) in [6, 6.07) is 4.55. The van der Waals surface area contributed by atoms with Crippen LogP contribution in [-0.4, -0.2) is 5.38 Å². The molecule has 0 nitrogen and oxygen atoms in total. The minimum atomic E-state index is -0.221. The first kappa shape index (κ1) is 12.2. The standard InChI is InChI=1S/C13H15Cl2F/c14-12-4-2-1-3-9(12)7-10-8-11(16)5-6-13(10)15/h5-6,8-9,12H,1-4,7H2. The van der Waals surface area contributed by atoms with Gasteiger partial charge in [0.2, 0.25) is 0 Å². The zero-order chi connectivity index (χ0) is 11.5. The van der Waals surface area contributed by atoms with Gasteiger partial charge >= 0.3 is 0 Å². The predicted molar refractivity (Wildman–Crippen MR) is 66.7 cm³/mol. The minimum Gasteiger partial charge on any atom is -0.207 e. The smallest absolute Gasteiger partial charge is 0.123 e. The number of halogens is 3. The van der Waals surface area contributed by atoms with E-state index in [0.29, 0.717) is 10.9 Å². The Morgan fingerprint density at radius 2 is 2.00 bits per heavy atom. The van der Waals surface area contributed by atoms with Crippen molar-refractivity contribution in [2.24, 2.45) is 5.92 Å². The molecule has 1 aliphatic carbocycles. The van der Waals surface area contributed by atoms with Crippen LogP contribution in [0, 0.1) is 11.7 Å². The quantitative estimate of drug-likeness (QED) is 0.669. The Morgan fingerprint density at radius 3 is 2.75 bits per heavy atom. The van der Waals surface area contributed by atoms with Gasteiger partial charge in [-0.2, -0.15) is 0 Å². The van der Waals surface area contributed by atoms with E-state index in [9.17, 15) is 4.39 Å². The van der Waals surface area contributed by atoms with Crippen LogP contribution in [0.2, 0.25) is 5.02 Å². The molecule has 0 saturated heterocycles. The summed E-state index contributed by atoms with van der Waals surface area (Å²) in [4.78, 5) is 0. The highest BCUT2D eigenvalue weighted by Crippen LogP contribution is 2.32. The summed E-state index contributed by atoms with van der Waals surface area (Å²) in [6.45, 7) is 0. The Hall–Kier alpha value is -0.270. The summed E-state index contributed by atoms with van der Waals surface area (Å²) in [5.74, 6) is 0.219. The maximum Gasteiger partial charge on any atom is 0.123 e. The third-order valence-electron chi connectivity index (χ3n) is 3.31. The second-order valence-corrected chi connectivity index (χ2v) is 5.47. The van der Waals surface area contributed by atoms with Gasteiger partial charge in [-0.3, -0.25) is 0 Å². The van der Waals surface area contributed by atoms with Crippen LogP contribution in [0.25, 0.3) is 0 Å². The van der Waals surface area contributed by atoms with Crippen molar-refractivity contribution in [3.8, 4) is 0 Å². The molecule has 3 heteroatoms. The molecule has 16 heavy (non-hydrogen) atoms. The van der Waals surface area contributed by atoms with E-state index in [1.165, 1.54) is 25.0 Å². The Morgan fingerprint density at radius 1 is 1.25 bits per heavy atom. The molecule has 88 valence electrons. The van der Waals surface area contributed by atoms with Crippen molar-refractivity contribution in [2.75, 3.05) is 0 Å². The molecule has 1 saturated carbocycles. The van der Waals surface area contributed by atoms with E-state index < -0.39 is 0 Å². The fourth-order valence-corrected chi connectivity index (χ4v) is 2.94. The average Bonchev–Trinajstić information content (AvgIpc) is 2.27. The third kappa shape index (κ3) is 2.89. The summed E-state index contributed by atoms with van der Waals surface area (Å²) in [6.07, 6.45) is 5.42. The molecule has 0 radical (unpaired) electrons. The zero-order valence-electron chi connectivity index (χ0n) is 9.06. The molecule has 0 spiro atoms. The molecule has 0 heterocycles. The Kier molecular flexibility index (Phi) is 4.10. The summed E-state index contributed by atoms with van der Waals surface area (Å²) in [5, 5.41) is 0.865. The van der Waals surface area contributed by atoms with Gasteiger partial charge in [0.15, 0.2) is 0 Å². The van der Waals surface area contributed by atoms with Crippen LogP contribution in [0.4, 0.5) is 4.39 Å². The molecule has 1 aromatic carbocycles. The first-order valence-corrected chi connectivity index (χ1v) is 6.56. The molecule has 0 aliphatic heterocycles. The van der Waals surface area contributed by atoms with Crippen molar-refractivity contribution < 1.29 is 4.39 Å². The molecule has 2 rings (SSSR count). The van der Waals surface area contributed by atoms with Crippen LogP contribution < -0.4 is 0 Å². The first-order valence-electron chi connectivity index (χ1n) is 5.75. The van der Waals surface area contributed by atoms with Crippen molar-refractivity contribution in [3.05, 3.63) is 34.6 Å².